The zero-order chi connectivity index (χ0) is 12.2. The zero-order valence-electron chi connectivity index (χ0n) is 9.72. The molecule has 0 saturated heterocycles. The Morgan fingerprint density at radius 1 is 1.31 bits per heavy atom. The number of ether oxygens (including phenoxy) is 2. The molecule has 1 aromatic rings. The second-order valence-corrected chi connectivity index (χ2v) is 5.77. The first-order valence-electron chi connectivity index (χ1n) is 5.01. The van der Waals surface area contributed by atoms with Crippen molar-refractivity contribution in [3.05, 3.63) is 22.7 Å². The third kappa shape index (κ3) is 3.67. The summed E-state index contributed by atoms with van der Waals surface area (Å²) in [7, 11) is 1.64. The number of benzene rings is 1. The second-order valence-electron chi connectivity index (χ2n) is 4.36. The molecule has 0 aliphatic rings. The topological polar surface area (TPSA) is 18.5 Å². The number of methoxy groups -OCH3 is 1. The first kappa shape index (κ1) is 13.8. The van der Waals surface area contributed by atoms with Crippen molar-refractivity contribution in [2.75, 3.05) is 19.0 Å². The minimum absolute atomic E-state index is 0.0975. The molecule has 2 nitrogen and oxygen atoms in total. The van der Waals surface area contributed by atoms with E-state index in [-0.39, 0.29) is 5.41 Å². The molecule has 1 rings (SSSR count). The Morgan fingerprint density at radius 3 is 2.56 bits per heavy atom. The van der Waals surface area contributed by atoms with Crippen molar-refractivity contribution in [1.29, 1.82) is 0 Å². The average Bonchev–Trinajstić information content (AvgIpc) is 2.27. The molecular formula is C12H16Br2O2. The molecule has 0 fully saturated rings. The van der Waals surface area contributed by atoms with Crippen LogP contribution in [0.15, 0.2) is 22.7 Å². The van der Waals surface area contributed by atoms with Gasteiger partial charge in [0.15, 0.2) is 11.5 Å². The van der Waals surface area contributed by atoms with Gasteiger partial charge in [-0.15, -0.1) is 0 Å². The van der Waals surface area contributed by atoms with Crippen molar-refractivity contribution in [1.82, 2.24) is 0 Å². The Labute approximate surface area is 114 Å². The van der Waals surface area contributed by atoms with Gasteiger partial charge in [-0.3, -0.25) is 0 Å². The van der Waals surface area contributed by atoms with Gasteiger partial charge in [-0.05, 0) is 28.1 Å². The Bertz CT molecular complexity index is 351. The average molecular weight is 352 g/mol. The molecule has 0 amide bonds. The maximum absolute atomic E-state index is 5.81. The number of para-hydroxylation sites is 1. The van der Waals surface area contributed by atoms with Crippen molar-refractivity contribution >= 4 is 31.9 Å². The summed E-state index contributed by atoms with van der Waals surface area (Å²) in [4.78, 5) is 0. The SMILES string of the molecule is COc1cccc(Br)c1OCC(C)(C)CBr. The van der Waals surface area contributed by atoms with Gasteiger partial charge >= 0.3 is 0 Å². The smallest absolute Gasteiger partial charge is 0.175 e. The van der Waals surface area contributed by atoms with E-state index in [0.29, 0.717) is 6.61 Å². The number of rotatable bonds is 5. The van der Waals surface area contributed by atoms with Gasteiger partial charge in [0.05, 0.1) is 18.2 Å². The van der Waals surface area contributed by atoms with E-state index in [9.17, 15) is 0 Å². The summed E-state index contributed by atoms with van der Waals surface area (Å²) in [5.74, 6) is 1.51. The monoisotopic (exact) mass is 350 g/mol. The number of hydrogen-bond acceptors (Lipinski definition) is 2. The van der Waals surface area contributed by atoms with Crippen LogP contribution in [-0.4, -0.2) is 19.0 Å². The normalized spacial score (nSPS) is 11.3. The minimum Gasteiger partial charge on any atom is -0.493 e. The molecular weight excluding hydrogens is 336 g/mol. The molecule has 0 aliphatic carbocycles. The molecule has 0 atom stereocenters. The molecule has 0 aliphatic heterocycles. The second kappa shape index (κ2) is 5.92. The number of halogens is 2. The summed E-state index contributed by atoms with van der Waals surface area (Å²) in [6.07, 6.45) is 0. The first-order chi connectivity index (χ1) is 7.50. The molecule has 0 radical (unpaired) electrons. The molecule has 0 N–H and O–H groups in total. The Balaban J connectivity index is 2.80. The summed E-state index contributed by atoms with van der Waals surface area (Å²) in [6.45, 7) is 4.92. The summed E-state index contributed by atoms with van der Waals surface area (Å²) in [5.41, 5.74) is 0.0975. The highest BCUT2D eigenvalue weighted by Crippen LogP contribution is 2.36. The van der Waals surface area contributed by atoms with Crippen LogP contribution in [0.2, 0.25) is 0 Å². The first-order valence-corrected chi connectivity index (χ1v) is 6.93. The van der Waals surface area contributed by atoms with Gasteiger partial charge in [-0.25, -0.2) is 0 Å². The van der Waals surface area contributed by atoms with Gasteiger partial charge in [-0.2, -0.15) is 0 Å². The van der Waals surface area contributed by atoms with Crippen molar-refractivity contribution in [3.63, 3.8) is 0 Å². The van der Waals surface area contributed by atoms with E-state index < -0.39 is 0 Å². The molecule has 4 heteroatoms. The van der Waals surface area contributed by atoms with Crippen LogP contribution >= 0.6 is 31.9 Å². The van der Waals surface area contributed by atoms with Crippen LogP contribution in [0.5, 0.6) is 11.5 Å². The maximum atomic E-state index is 5.81. The van der Waals surface area contributed by atoms with Crippen molar-refractivity contribution < 1.29 is 9.47 Å². The standard InChI is InChI=1S/C12H16Br2O2/c1-12(2,7-13)8-16-11-9(14)5-4-6-10(11)15-3/h4-6H,7-8H2,1-3H3. The van der Waals surface area contributed by atoms with Crippen LogP contribution in [0.25, 0.3) is 0 Å². The summed E-state index contributed by atoms with van der Waals surface area (Å²) < 4.78 is 12.0. The predicted octanol–water partition coefficient (Wildman–Crippen LogP) is 4.26. The largest absolute Gasteiger partial charge is 0.493 e. The molecule has 90 valence electrons. The molecule has 16 heavy (non-hydrogen) atoms. The fourth-order valence-corrected chi connectivity index (χ4v) is 1.72. The molecule has 1 aromatic carbocycles. The molecule has 0 aromatic heterocycles. The highest BCUT2D eigenvalue weighted by Gasteiger charge is 2.19. The van der Waals surface area contributed by atoms with Crippen LogP contribution in [0.4, 0.5) is 0 Å². The van der Waals surface area contributed by atoms with Crippen molar-refractivity contribution in [2.45, 2.75) is 13.8 Å². The lowest BCUT2D eigenvalue weighted by Gasteiger charge is -2.23. The molecule has 0 bridgehead atoms. The van der Waals surface area contributed by atoms with E-state index >= 15 is 0 Å². The van der Waals surface area contributed by atoms with Gasteiger partial charge in [0.2, 0.25) is 0 Å². The summed E-state index contributed by atoms with van der Waals surface area (Å²) in [5, 5.41) is 0.896. The van der Waals surface area contributed by atoms with Gasteiger partial charge < -0.3 is 9.47 Å². The third-order valence-corrected chi connectivity index (χ3v) is 4.26. The highest BCUT2D eigenvalue weighted by molar-refractivity contribution is 9.10. The molecule has 0 saturated carbocycles. The van der Waals surface area contributed by atoms with Crippen LogP contribution in [0, 0.1) is 5.41 Å². The van der Waals surface area contributed by atoms with E-state index in [1.54, 1.807) is 7.11 Å². The van der Waals surface area contributed by atoms with Crippen molar-refractivity contribution in [2.24, 2.45) is 5.41 Å². The Hall–Kier alpha value is -0.220. The summed E-state index contributed by atoms with van der Waals surface area (Å²) in [6, 6.07) is 5.76. The van der Waals surface area contributed by atoms with Crippen molar-refractivity contribution in [3.8, 4) is 11.5 Å². The van der Waals surface area contributed by atoms with E-state index in [2.05, 4.69) is 45.7 Å². The van der Waals surface area contributed by atoms with Gasteiger partial charge in [0.1, 0.15) is 0 Å². The van der Waals surface area contributed by atoms with E-state index in [1.807, 2.05) is 18.2 Å². The Kier molecular flexibility index (Phi) is 5.12. The lowest BCUT2D eigenvalue weighted by molar-refractivity contribution is 0.195. The van der Waals surface area contributed by atoms with E-state index in [4.69, 9.17) is 9.47 Å². The number of hydrogen-bond donors (Lipinski definition) is 0. The molecule has 0 unspecified atom stereocenters. The quantitative estimate of drug-likeness (QED) is 0.738. The lowest BCUT2D eigenvalue weighted by Crippen LogP contribution is -2.23. The molecule has 0 heterocycles. The summed E-state index contributed by atoms with van der Waals surface area (Å²) >= 11 is 6.94. The maximum Gasteiger partial charge on any atom is 0.175 e. The van der Waals surface area contributed by atoms with Gasteiger partial charge in [-0.1, -0.05) is 35.8 Å². The minimum atomic E-state index is 0.0975. The van der Waals surface area contributed by atoms with Crippen LogP contribution in [0.3, 0.4) is 0 Å². The van der Waals surface area contributed by atoms with E-state index in [0.717, 1.165) is 21.3 Å². The predicted molar refractivity (Wildman–Crippen MR) is 73.8 cm³/mol. The van der Waals surface area contributed by atoms with E-state index in [1.165, 1.54) is 0 Å². The fraction of sp³-hybridized carbons (Fsp3) is 0.500. The highest BCUT2D eigenvalue weighted by atomic mass is 79.9. The van der Waals surface area contributed by atoms with Crippen LogP contribution < -0.4 is 9.47 Å². The Morgan fingerprint density at radius 2 is 2.00 bits per heavy atom. The van der Waals surface area contributed by atoms with Gasteiger partial charge in [0.25, 0.3) is 0 Å². The fourth-order valence-electron chi connectivity index (χ4n) is 1.10. The van der Waals surface area contributed by atoms with Gasteiger partial charge in [0, 0.05) is 10.7 Å². The third-order valence-electron chi connectivity index (χ3n) is 2.12. The number of alkyl halides is 1. The van der Waals surface area contributed by atoms with Crippen LogP contribution in [-0.2, 0) is 0 Å². The lowest BCUT2D eigenvalue weighted by atomic mass is 9.98. The zero-order valence-corrected chi connectivity index (χ0v) is 12.9. The molecule has 0 spiro atoms. The van der Waals surface area contributed by atoms with Crippen LogP contribution in [0.1, 0.15) is 13.8 Å².